The third kappa shape index (κ3) is 3.24. The van der Waals surface area contributed by atoms with Gasteiger partial charge in [0.25, 0.3) is 0 Å². The van der Waals surface area contributed by atoms with E-state index < -0.39 is 0 Å². The van der Waals surface area contributed by atoms with Gasteiger partial charge in [-0.1, -0.05) is 53.7 Å². The van der Waals surface area contributed by atoms with Crippen molar-refractivity contribution in [1.82, 2.24) is 0 Å². The summed E-state index contributed by atoms with van der Waals surface area (Å²) in [4.78, 5) is 0. The van der Waals surface area contributed by atoms with Crippen molar-refractivity contribution in [2.75, 3.05) is 5.88 Å². The second-order valence-corrected chi connectivity index (χ2v) is 6.01. The molecule has 1 saturated carbocycles. The van der Waals surface area contributed by atoms with E-state index >= 15 is 0 Å². The summed E-state index contributed by atoms with van der Waals surface area (Å²) in [6.07, 6.45) is 6.92. The first-order valence-corrected chi connectivity index (χ1v) is 7.44. The predicted octanol–water partition coefficient (Wildman–Crippen LogP) is 5.35. The molecule has 2 heteroatoms. The zero-order chi connectivity index (χ0) is 11.4. The van der Waals surface area contributed by atoms with Gasteiger partial charge in [-0.25, -0.2) is 0 Å². The van der Waals surface area contributed by atoms with Gasteiger partial charge in [-0.2, -0.15) is 0 Å². The van der Waals surface area contributed by atoms with Crippen LogP contribution in [-0.2, 0) is 0 Å². The van der Waals surface area contributed by atoms with Crippen LogP contribution < -0.4 is 0 Å². The monoisotopic (exact) mass is 300 g/mol. The fourth-order valence-corrected chi connectivity index (χ4v) is 3.24. The third-order valence-electron chi connectivity index (χ3n) is 3.62. The van der Waals surface area contributed by atoms with Crippen LogP contribution in [0.15, 0.2) is 28.7 Å². The van der Waals surface area contributed by atoms with E-state index in [0.29, 0.717) is 5.92 Å². The average molecular weight is 302 g/mol. The highest BCUT2D eigenvalue weighted by molar-refractivity contribution is 9.10. The van der Waals surface area contributed by atoms with Crippen LogP contribution in [0.2, 0.25) is 0 Å². The van der Waals surface area contributed by atoms with Crippen LogP contribution in [-0.4, -0.2) is 5.88 Å². The maximum Gasteiger partial charge on any atom is 0.0292 e. The Hall–Kier alpha value is -0.0100. The van der Waals surface area contributed by atoms with Crippen molar-refractivity contribution in [2.45, 2.75) is 38.0 Å². The molecule has 0 radical (unpaired) electrons. The van der Waals surface area contributed by atoms with Gasteiger partial charge < -0.3 is 0 Å². The minimum Gasteiger partial charge on any atom is -0.126 e. The number of alkyl halides is 1. The van der Waals surface area contributed by atoms with Gasteiger partial charge in [0, 0.05) is 10.4 Å². The lowest BCUT2D eigenvalue weighted by atomic mass is 9.89. The van der Waals surface area contributed by atoms with Gasteiger partial charge in [0.1, 0.15) is 0 Å². The van der Waals surface area contributed by atoms with E-state index in [1.165, 1.54) is 37.7 Å². The molecule has 0 nitrogen and oxygen atoms in total. The lowest BCUT2D eigenvalue weighted by Crippen LogP contribution is -2.06. The van der Waals surface area contributed by atoms with Crippen molar-refractivity contribution in [3.63, 3.8) is 0 Å². The predicted molar refractivity (Wildman–Crippen MR) is 74.2 cm³/mol. The van der Waals surface area contributed by atoms with Crippen molar-refractivity contribution in [1.29, 1.82) is 0 Å². The summed E-state index contributed by atoms with van der Waals surface area (Å²) < 4.78 is 1.14. The van der Waals surface area contributed by atoms with Crippen molar-refractivity contribution < 1.29 is 0 Å². The maximum absolute atomic E-state index is 6.11. The smallest absolute Gasteiger partial charge is 0.0292 e. The number of rotatable bonds is 4. The summed E-state index contributed by atoms with van der Waals surface area (Å²) in [6.45, 7) is 0. The Kier molecular flexibility index (Phi) is 4.72. The van der Waals surface area contributed by atoms with E-state index in [1.54, 1.807) is 0 Å². The summed E-state index contributed by atoms with van der Waals surface area (Å²) in [5, 5.41) is 0. The van der Waals surface area contributed by atoms with Crippen LogP contribution in [0.5, 0.6) is 0 Å². The van der Waals surface area contributed by atoms with Crippen LogP contribution in [0.3, 0.4) is 0 Å². The van der Waals surface area contributed by atoms with Crippen LogP contribution in [0.1, 0.15) is 43.6 Å². The molecule has 1 unspecified atom stereocenters. The van der Waals surface area contributed by atoms with Crippen molar-refractivity contribution >= 4 is 27.5 Å². The Balaban J connectivity index is 2.00. The van der Waals surface area contributed by atoms with Gasteiger partial charge in [-0.05, 0) is 36.0 Å². The molecule has 2 rings (SSSR count). The zero-order valence-corrected chi connectivity index (χ0v) is 11.8. The van der Waals surface area contributed by atoms with Gasteiger partial charge in [-0.3, -0.25) is 0 Å². The molecule has 0 aliphatic heterocycles. The highest BCUT2D eigenvalue weighted by atomic mass is 79.9. The highest BCUT2D eigenvalue weighted by Crippen LogP contribution is 2.34. The second-order valence-electron chi connectivity index (χ2n) is 4.79. The van der Waals surface area contributed by atoms with E-state index in [-0.39, 0.29) is 0 Å². The van der Waals surface area contributed by atoms with Crippen molar-refractivity contribution in [3.8, 4) is 0 Å². The fourth-order valence-electron chi connectivity index (χ4n) is 2.67. The first-order chi connectivity index (χ1) is 7.79. The molecular formula is C14H18BrCl. The molecule has 0 spiro atoms. The van der Waals surface area contributed by atoms with Crippen molar-refractivity contribution in [2.24, 2.45) is 5.92 Å². The first kappa shape index (κ1) is 12.4. The Bertz CT molecular complexity index is 314. The molecule has 1 aromatic carbocycles. The molecule has 0 amide bonds. The van der Waals surface area contributed by atoms with E-state index in [0.717, 1.165) is 16.3 Å². The molecular weight excluding hydrogens is 284 g/mol. The van der Waals surface area contributed by atoms with Crippen LogP contribution in [0, 0.1) is 5.92 Å². The molecule has 88 valence electrons. The van der Waals surface area contributed by atoms with Gasteiger partial charge >= 0.3 is 0 Å². The summed E-state index contributed by atoms with van der Waals surface area (Å²) in [7, 11) is 0. The van der Waals surface area contributed by atoms with E-state index in [9.17, 15) is 0 Å². The lowest BCUT2D eigenvalue weighted by molar-refractivity contribution is 0.462. The molecule has 1 fully saturated rings. The van der Waals surface area contributed by atoms with E-state index in [4.69, 9.17) is 11.6 Å². The van der Waals surface area contributed by atoms with E-state index in [1.807, 2.05) is 0 Å². The molecule has 0 N–H and O–H groups in total. The molecule has 1 aliphatic carbocycles. The summed E-state index contributed by atoms with van der Waals surface area (Å²) in [5.41, 5.74) is 1.39. The van der Waals surface area contributed by atoms with Crippen LogP contribution in [0.4, 0.5) is 0 Å². The number of hydrogen-bond acceptors (Lipinski definition) is 0. The third-order valence-corrected chi connectivity index (χ3v) is 4.52. The molecule has 1 atom stereocenters. The Morgan fingerprint density at radius 1 is 1.19 bits per heavy atom. The van der Waals surface area contributed by atoms with Gasteiger partial charge in [0.05, 0.1) is 0 Å². The van der Waals surface area contributed by atoms with Gasteiger partial charge in [-0.15, -0.1) is 11.6 Å². The number of benzene rings is 1. The normalized spacial score (nSPS) is 18.9. The summed E-state index contributed by atoms with van der Waals surface area (Å²) in [5.74, 6) is 2.20. The van der Waals surface area contributed by atoms with Gasteiger partial charge in [0.15, 0.2) is 0 Å². The summed E-state index contributed by atoms with van der Waals surface area (Å²) in [6, 6.07) is 8.63. The van der Waals surface area contributed by atoms with Crippen molar-refractivity contribution in [3.05, 3.63) is 34.3 Å². The molecule has 0 aromatic heterocycles. The lowest BCUT2D eigenvalue weighted by Gasteiger charge is -2.18. The topological polar surface area (TPSA) is 0 Å². The second kappa shape index (κ2) is 6.07. The minimum atomic E-state index is 0.540. The fraction of sp³-hybridized carbons (Fsp3) is 0.571. The molecule has 1 aliphatic rings. The summed E-state index contributed by atoms with van der Waals surface area (Å²) >= 11 is 9.58. The van der Waals surface area contributed by atoms with Crippen LogP contribution in [0.25, 0.3) is 0 Å². The largest absolute Gasteiger partial charge is 0.126 e. The number of halogens is 2. The average Bonchev–Trinajstić information content (AvgIpc) is 2.80. The molecule has 16 heavy (non-hydrogen) atoms. The minimum absolute atomic E-state index is 0.540. The molecule has 1 aromatic rings. The molecule has 0 bridgehead atoms. The first-order valence-electron chi connectivity index (χ1n) is 6.11. The SMILES string of the molecule is ClCC(CC1CCCC1)c1ccc(Br)cc1. The number of hydrogen-bond donors (Lipinski definition) is 0. The zero-order valence-electron chi connectivity index (χ0n) is 9.46. The quantitative estimate of drug-likeness (QED) is 0.657. The Labute approximate surface area is 112 Å². The maximum atomic E-state index is 6.11. The Morgan fingerprint density at radius 2 is 1.81 bits per heavy atom. The standard InChI is InChI=1S/C14H18BrCl/c15-14-7-5-12(6-8-14)13(10-16)9-11-3-1-2-4-11/h5-8,11,13H,1-4,9-10H2. The van der Waals surface area contributed by atoms with E-state index in [2.05, 4.69) is 40.2 Å². The molecule has 0 heterocycles. The highest BCUT2D eigenvalue weighted by Gasteiger charge is 2.20. The van der Waals surface area contributed by atoms with Crippen LogP contribution >= 0.6 is 27.5 Å². The Morgan fingerprint density at radius 3 is 2.38 bits per heavy atom. The molecule has 0 saturated heterocycles. The van der Waals surface area contributed by atoms with Gasteiger partial charge in [0.2, 0.25) is 0 Å².